The number of hydrogen-bond donors (Lipinski definition) is 1. The zero-order valence-corrected chi connectivity index (χ0v) is 12.4. The van der Waals surface area contributed by atoms with Gasteiger partial charge in [-0.25, -0.2) is 4.79 Å². The van der Waals surface area contributed by atoms with E-state index in [2.05, 4.69) is 0 Å². The van der Waals surface area contributed by atoms with Gasteiger partial charge in [-0.05, 0) is 47.7 Å². The van der Waals surface area contributed by atoms with Gasteiger partial charge in [0.25, 0.3) is 0 Å². The molecular formula is C13H28N2O3. The Morgan fingerprint density at radius 3 is 2.06 bits per heavy atom. The summed E-state index contributed by atoms with van der Waals surface area (Å²) in [6.07, 6.45) is 2.05. The van der Waals surface area contributed by atoms with Crippen LogP contribution in [0.2, 0.25) is 0 Å². The highest BCUT2D eigenvalue weighted by atomic mass is 16.6. The minimum absolute atomic E-state index is 0.167. The number of ether oxygens (including phenoxy) is 1. The molecule has 1 aliphatic heterocycles. The maximum atomic E-state index is 11.4. The second-order valence-electron chi connectivity index (χ2n) is 5.70. The summed E-state index contributed by atoms with van der Waals surface area (Å²) in [6.45, 7) is 8.40. The van der Waals surface area contributed by atoms with Crippen molar-refractivity contribution in [3.63, 3.8) is 0 Å². The molecule has 108 valence electrons. The lowest BCUT2D eigenvalue weighted by Gasteiger charge is -2.23. The first-order valence-electron chi connectivity index (χ1n) is 6.50. The molecule has 1 rings (SSSR count). The molecule has 0 spiro atoms. The number of nitrogens with zero attached hydrogens (tertiary/aromatic N) is 2. The molecule has 0 atom stereocenters. The van der Waals surface area contributed by atoms with Crippen LogP contribution in [0.4, 0.5) is 4.79 Å². The van der Waals surface area contributed by atoms with Crippen molar-refractivity contribution in [1.29, 1.82) is 0 Å². The van der Waals surface area contributed by atoms with Crippen LogP contribution in [0.1, 0.15) is 33.6 Å². The molecule has 1 amide bonds. The molecule has 1 N–H and O–H groups in total. The Morgan fingerprint density at radius 2 is 1.78 bits per heavy atom. The van der Waals surface area contributed by atoms with E-state index in [1.807, 2.05) is 39.8 Å². The van der Waals surface area contributed by atoms with E-state index in [9.17, 15) is 4.79 Å². The second-order valence-corrected chi connectivity index (χ2v) is 5.70. The lowest BCUT2D eigenvalue weighted by atomic mass is 10.2. The van der Waals surface area contributed by atoms with Crippen LogP contribution in [0.15, 0.2) is 0 Å². The van der Waals surface area contributed by atoms with Crippen LogP contribution in [0.5, 0.6) is 0 Å². The minimum atomic E-state index is -0.361. The Hall–Kier alpha value is -0.810. The van der Waals surface area contributed by atoms with Crippen LogP contribution < -0.4 is 0 Å². The molecule has 0 aliphatic carbocycles. The van der Waals surface area contributed by atoms with Crippen molar-refractivity contribution >= 4 is 6.09 Å². The molecule has 5 nitrogen and oxygen atoms in total. The molecule has 1 fully saturated rings. The summed E-state index contributed by atoms with van der Waals surface area (Å²) in [5.41, 5.74) is -0.361. The van der Waals surface area contributed by atoms with Gasteiger partial charge in [-0.1, -0.05) is 0 Å². The molecule has 0 unspecified atom stereocenters. The smallest absolute Gasteiger partial charge is 0.410 e. The van der Waals surface area contributed by atoms with E-state index >= 15 is 0 Å². The highest BCUT2D eigenvalue weighted by Crippen LogP contribution is 2.14. The van der Waals surface area contributed by atoms with E-state index in [4.69, 9.17) is 9.84 Å². The molecule has 0 radical (unpaired) electrons. The highest BCUT2D eigenvalue weighted by molar-refractivity contribution is 5.68. The van der Waals surface area contributed by atoms with Crippen molar-refractivity contribution < 1.29 is 14.6 Å². The molecule has 0 saturated carbocycles. The number of likely N-dealkylation sites (tertiary alicyclic amines) is 1. The number of aliphatic hydroxyl groups excluding tert-OH is 1. The first-order valence-corrected chi connectivity index (χ1v) is 6.50. The van der Waals surface area contributed by atoms with E-state index in [1.54, 1.807) is 4.90 Å². The fraction of sp³-hybridized carbons (Fsp3) is 0.923. The summed E-state index contributed by atoms with van der Waals surface area (Å²) < 4.78 is 5.21. The number of rotatable bonds is 2. The van der Waals surface area contributed by atoms with Crippen molar-refractivity contribution in [2.24, 2.45) is 0 Å². The Kier molecular flexibility index (Phi) is 7.95. The number of likely N-dealkylation sites (N-methyl/N-ethyl adjacent to an activating group) is 1. The van der Waals surface area contributed by atoms with Crippen molar-refractivity contribution in [3.8, 4) is 0 Å². The SMILES string of the molecule is CC(C)(C)OC(=O)N1CCCC1.CN(C)CCO. The number of carbonyl (C=O) groups excluding carboxylic acids is 1. The Labute approximate surface area is 111 Å². The van der Waals surface area contributed by atoms with Gasteiger partial charge >= 0.3 is 6.09 Å². The average molecular weight is 260 g/mol. The summed E-state index contributed by atoms with van der Waals surface area (Å²) >= 11 is 0. The van der Waals surface area contributed by atoms with Gasteiger partial charge in [0.1, 0.15) is 5.60 Å². The second kappa shape index (κ2) is 8.32. The Bertz CT molecular complexity index is 231. The van der Waals surface area contributed by atoms with Gasteiger partial charge < -0.3 is 19.6 Å². The normalized spacial score (nSPS) is 15.4. The summed E-state index contributed by atoms with van der Waals surface area (Å²) in [6, 6.07) is 0. The van der Waals surface area contributed by atoms with Gasteiger partial charge in [-0.15, -0.1) is 0 Å². The molecule has 1 heterocycles. The molecular weight excluding hydrogens is 232 g/mol. The molecule has 5 heteroatoms. The van der Waals surface area contributed by atoms with Crippen LogP contribution in [-0.2, 0) is 4.74 Å². The van der Waals surface area contributed by atoms with Gasteiger partial charge in [0.2, 0.25) is 0 Å². The summed E-state index contributed by atoms with van der Waals surface area (Å²) in [5.74, 6) is 0. The fourth-order valence-electron chi connectivity index (χ4n) is 1.43. The number of aliphatic hydroxyl groups is 1. The number of hydrogen-bond acceptors (Lipinski definition) is 4. The topological polar surface area (TPSA) is 53.0 Å². The fourth-order valence-corrected chi connectivity index (χ4v) is 1.43. The zero-order chi connectivity index (χ0) is 14.2. The van der Waals surface area contributed by atoms with E-state index < -0.39 is 0 Å². The van der Waals surface area contributed by atoms with Crippen molar-refractivity contribution in [2.75, 3.05) is 40.3 Å². The predicted molar refractivity (Wildman–Crippen MR) is 72.7 cm³/mol. The molecule has 0 bridgehead atoms. The third-order valence-corrected chi connectivity index (χ3v) is 2.30. The molecule has 0 aromatic heterocycles. The van der Waals surface area contributed by atoms with Crippen molar-refractivity contribution in [2.45, 2.75) is 39.2 Å². The van der Waals surface area contributed by atoms with Gasteiger partial charge in [-0.2, -0.15) is 0 Å². The highest BCUT2D eigenvalue weighted by Gasteiger charge is 2.23. The molecule has 1 aliphatic rings. The van der Waals surface area contributed by atoms with Gasteiger partial charge in [-0.3, -0.25) is 0 Å². The Morgan fingerprint density at radius 1 is 1.28 bits per heavy atom. The van der Waals surface area contributed by atoms with E-state index in [0.29, 0.717) is 0 Å². The minimum Gasteiger partial charge on any atom is -0.444 e. The maximum absolute atomic E-state index is 11.4. The number of carbonyl (C=O) groups is 1. The van der Waals surface area contributed by atoms with Crippen LogP contribution in [-0.4, -0.2) is 66.9 Å². The molecule has 0 aromatic carbocycles. The molecule has 1 saturated heterocycles. The summed E-state index contributed by atoms with van der Waals surface area (Å²) in [4.78, 5) is 15.1. The summed E-state index contributed by atoms with van der Waals surface area (Å²) in [7, 11) is 3.85. The van der Waals surface area contributed by atoms with Crippen molar-refractivity contribution in [3.05, 3.63) is 0 Å². The third-order valence-electron chi connectivity index (χ3n) is 2.30. The van der Waals surface area contributed by atoms with E-state index in [-0.39, 0.29) is 18.3 Å². The van der Waals surface area contributed by atoms with Gasteiger partial charge in [0, 0.05) is 19.6 Å². The summed E-state index contributed by atoms with van der Waals surface area (Å²) in [5, 5.41) is 8.20. The monoisotopic (exact) mass is 260 g/mol. The largest absolute Gasteiger partial charge is 0.444 e. The molecule has 0 aromatic rings. The average Bonchev–Trinajstić information content (AvgIpc) is 2.67. The standard InChI is InChI=1S/C9H17NO2.C4H11NO/c1-9(2,3)12-8(11)10-6-4-5-7-10;1-5(2)3-4-6/h4-7H2,1-3H3;6H,3-4H2,1-2H3. The van der Waals surface area contributed by atoms with Crippen LogP contribution in [0.25, 0.3) is 0 Å². The first kappa shape index (κ1) is 17.2. The predicted octanol–water partition coefficient (Wildman–Crippen LogP) is 1.56. The third kappa shape index (κ3) is 9.24. The zero-order valence-electron chi connectivity index (χ0n) is 12.4. The number of amides is 1. The lowest BCUT2D eigenvalue weighted by Crippen LogP contribution is -2.34. The van der Waals surface area contributed by atoms with Crippen LogP contribution in [0.3, 0.4) is 0 Å². The van der Waals surface area contributed by atoms with Crippen LogP contribution >= 0.6 is 0 Å². The van der Waals surface area contributed by atoms with Crippen LogP contribution in [0, 0.1) is 0 Å². The van der Waals surface area contributed by atoms with Gasteiger partial charge in [0.05, 0.1) is 6.61 Å². The lowest BCUT2D eigenvalue weighted by molar-refractivity contribution is 0.0295. The van der Waals surface area contributed by atoms with Gasteiger partial charge in [0.15, 0.2) is 0 Å². The maximum Gasteiger partial charge on any atom is 0.410 e. The molecule has 18 heavy (non-hydrogen) atoms. The van der Waals surface area contributed by atoms with E-state index in [1.165, 1.54) is 0 Å². The first-order chi connectivity index (χ1) is 8.26. The quantitative estimate of drug-likeness (QED) is 0.818. The van der Waals surface area contributed by atoms with Crippen molar-refractivity contribution in [1.82, 2.24) is 9.80 Å². The van der Waals surface area contributed by atoms with E-state index in [0.717, 1.165) is 32.5 Å². The Balaban J connectivity index is 0.000000411.